The van der Waals surface area contributed by atoms with Crippen LogP contribution in [0.15, 0.2) is 18.2 Å². The van der Waals surface area contributed by atoms with Gasteiger partial charge in [0.2, 0.25) is 0 Å². The topological polar surface area (TPSA) is 12.5 Å². The van der Waals surface area contributed by atoms with E-state index in [0.29, 0.717) is 6.73 Å². The summed E-state index contributed by atoms with van der Waals surface area (Å²) in [5, 5.41) is 0. The quantitative estimate of drug-likeness (QED) is 0.687. The molecule has 0 N–H and O–H groups in total. The zero-order valence-electron chi connectivity index (χ0n) is 10.2. The smallest absolute Gasteiger partial charge is 0.0984 e. The second-order valence-electron chi connectivity index (χ2n) is 4.17. The molecular formula is C13H21NO. The van der Waals surface area contributed by atoms with Crippen molar-refractivity contribution in [3.63, 3.8) is 0 Å². The van der Waals surface area contributed by atoms with E-state index in [1.165, 1.54) is 16.7 Å². The maximum atomic E-state index is 5.06. The fourth-order valence-electron chi connectivity index (χ4n) is 1.56. The molecule has 0 aromatic heterocycles. The molecule has 0 aliphatic rings. The van der Waals surface area contributed by atoms with Crippen LogP contribution in [0.1, 0.15) is 16.7 Å². The summed E-state index contributed by atoms with van der Waals surface area (Å²) in [6.45, 7) is 6.05. The van der Waals surface area contributed by atoms with E-state index in [9.17, 15) is 0 Å². The van der Waals surface area contributed by atoms with Crippen molar-refractivity contribution < 1.29 is 4.74 Å². The van der Waals surface area contributed by atoms with Gasteiger partial charge in [0, 0.05) is 13.7 Å². The first kappa shape index (κ1) is 12.2. The number of nitrogens with zero attached hydrogens (tertiary/aromatic N) is 1. The monoisotopic (exact) mass is 207 g/mol. The molecule has 0 saturated carbocycles. The van der Waals surface area contributed by atoms with Gasteiger partial charge in [0.1, 0.15) is 0 Å². The van der Waals surface area contributed by atoms with Gasteiger partial charge in [0.15, 0.2) is 0 Å². The lowest BCUT2D eigenvalue weighted by atomic mass is 10.0. The van der Waals surface area contributed by atoms with Gasteiger partial charge in [0.25, 0.3) is 0 Å². The van der Waals surface area contributed by atoms with Gasteiger partial charge in [-0.05, 0) is 44.0 Å². The van der Waals surface area contributed by atoms with E-state index in [2.05, 4.69) is 44.0 Å². The molecule has 2 nitrogen and oxygen atoms in total. The second-order valence-corrected chi connectivity index (χ2v) is 4.17. The van der Waals surface area contributed by atoms with E-state index in [-0.39, 0.29) is 0 Å². The average Bonchev–Trinajstić information content (AvgIpc) is 2.20. The Kier molecular flexibility index (Phi) is 4.79. The van der Waals surface area contributed by atoms with Gasteiger partial charge in [-0.2, -0.15) is 0 Å². The molecule has 0 heterocycles. The Labute approximate surface area is 92.9 Å². The van der Waals surface area contributed by atoms with Gasteiger partial charge in [-0.15, -0.1) is 0 Å². The molecule has 0 spiro atoms. The lowest BCUT2D eigenvalue weighted by molar-refractivity contribution is 0.0827. The largest absolute Gasteiger partial charge is 0.369 e. The molecule has 0 bridgehead atoms. The number of hydrogen-bond acceptors (Lipinski definition) is 2. The summed E-state index contributed by atoms with van der Waals surface area (Å²) in [7, 11) is 3.80. The van der Waals surface area contributed by atoms with E-state index in [1.807, 2.05) is 0 Å². The lowest BCUT2D eigenvalue weighted by Crippen LogP contribution is -2.23. The Hall–Kier alpha value is -0.860. The molecule has 1 rings (SSSR count). The van der Waals surface area contributed by atoms with E-state index in [1.54, 1.807) is 7.11 Å². The standard InChI is InChI=1S/C13H21NO/c1-11-5-6-13(9-12(11)2)7-8-14(3)10-15-4/h5-6,9H,7-8,10H2,1-4H3. The summed E-state index contributed by atoms with van der Waals surface area (Å²) < 4.78 is 5.06. The number of methoxy groups -OCH3 is 1. The number of likely N-dealkylation sites (N-methyl/N-ethyl adjacent to an activating group) is 1. The summed E-state index contributed by atoms with van der Waals surface area (Å²) in [6.07, 6.45) is 1.08. The van der Waals surface area contributed by atoms with Gasteiger partial charge in [-0.1, -0.05) is 18.2 Å². The van der Waals surface area contributed by atoms with Crippen LogP contribution >= 0.6 is 0 Å². The van der Waals surface area contributed by atoms with Gasteiger partial charge in [-0.25, -0.2) is 0 Å². The predicted molar refractivity (Wildman–Crippen MR) is 64.1 cm³/mol. The normalized spacial score (nSPS) is 11.0. The summed E-state index contributed by atoms with van der Waals surface area (Å²) in [5.41, 5.74) is 4.15. The average molecular weight is 207 g/mol. The fraction of sp³-hybridized carbons (Fsp3) is 0.538. The van der Waals surface area contributed by atoms with Crippen molar-refractivity contribution >= 4 is 0 Å². The summed E-state index contributed by atoms with van der Waals surface area (Å²) in [6, 6.07) is 6.68. The molecule has 15 heavy (non-hydrogen) atoms. The van der Waals surface area contributed by atoms with Crippen LogP contribution in [-0.2, 0) is 11.2 Å². The molecule has 0 atom stereocenters. The zero-order chi connectivity index (χ0) is 11.3. The second kappa shape index (κ2) is 5.89. The minimum atomic E-state index is 0.699. The third-order valence-electron chi connectivity index (χ3n) is 2.70. The molecule has 0 radical (unpaired) electrons. The molecule has 0 unspecified atom stereocenters. The number of ether oxygens (including phenoxy) is 1. The van der Waals surface area contributed by atoms with Crippen molar-refractivity contribution in [3.05, 3.63) is 34.9 Å². The van der Waals surface area contributed by atoms with Crippen LogP contribution in [0.25, 0.3) is 0 Å². The molecule has 0 aliphatic carbocycles. The Morgan fingerprint density at radius 3 is 2.53 bits per heavy atom. The summed E-state index contributed by atoms with van der Waals surface area (Å²) >= 11 is 0. The molecule has 2 heteroatoms. The highest BCUT2D eigenvalue weighted by atomic mass is 16.5. The Morgan fingerprint density at radius 2 is 1.93 bits per heavy atom. The summed E-state index contributed by atoms with van der Waals surface area (Å²) in [4.78, 5) is 2.18. The molecule has 0 saturated heterocycles. The van der Waals surface area contributed by atoms with Crippen LogP contribution in [-0.4, -0.2) is 32.3 Å². The van der Waals surface area contributed by atoms with Crippen LogP contribution in [0.3, 0.4) is 0 Å². The number of hydrogen-bond donors (Lipinski definition) is 0. The molecule has 0 amide bonds. The number of aryl methyl sites for hydroxylation is 2. The first-order valence-electron chi connectivity index (χ1n) is 5.37. The molecule has 0 fully saturated rings. The number of rotatable bonds is 5. The highest BCUT2D eigenvalue weighted by Gasteiger charge is 1.99. The lowest BCUT2D eigenvalue weighted by Gasteiger charge is -2.15. The third-order valence-corrected chi connectivity index (χ3v) is 2.70. The first-order chi connectivity index (χ1) is 7.13. The summed E-state index contributed by atoms with van der Waals surface area (Å²) in [5.74, 6) is 0. The van der Waals surface area contributed by atoms with Crippen molar-refractivity contribution in [2.75, 3.05) is 27.4 Å². The van der Waals surface area contributed by atoms with E-state index >= 15 is 0 Å². The maximum absolute atomic E-state index is 5.06. The molecule has 84 valence electrons. The van der Waals surface area contributed by atoms with Crippen LogP contribution in [0.4, 0.5) is 0 Å². The van der Waals surface area contributed by atoms with Crippen LogP contribution in [0, 0.1) is 13.8 Å². The Balaban J connectivity index is 2.47. The van der Waals surface area contributed by atoms with Crippen molar-refractivity contribution in [3.8, 4) is 0 Å². The zero-order valence-corrected chi connectivity index (χ0v) is 10.2. The minimum Gasteiger partial charge on any atom is -0.369 e. The molecular weight excluding hydrogens is 186 g/mol. The van der Waals surface area contributed by atoms with Gasteiger partial charge in [-0.3, -0.25) is 4.90 Å². The number of benzene rings is 1. The van der Waals surface area contributed by atoms with Crippen molar-refractivity contribution in [2.45, 2.75) is 20.3 Å². The molecule has 1 aromatic rings. The van der Waals surface area contributed by atoms with E-state index in [0.717, 1.165) is 13.0 Å². The Bertz CT molecular complexity index is 309. The fourth-order valence-corrected chi connectivity index (χ4v) is 1.56. The molecule has 1 aromatic carbocycles. The SMILES string of the molecule is COCN(C)CCc1ccc(C)c(C)c1. The van der Waals surface area contributed by atoms with Crippen molar-refractivity contribution in [1.82, 2.24) is 4.90 Å². The van der Waals surface area contributed by atoms with Crippen LogP contribution < -0.4 is 0 Å². The third kappa shape index (κ3) is 4.02. The van der Waals surface area contributed by atoms with Crippen molar-refractivity contribution in [2.24, 2.45) is 0 Å². The highest BCUT2D eigenvalue weighted by molar-refractivity contribution is 5.29. The van der Waals surface area contributed by atoms with E-state index < -0.39 is 0 Å². The van der Waals surface area contributed by atoms with Crippen molar-refractivity contribution in [1.29, 1.82) is 0 Å². The van der Waals surface area contributed by atoms with Gasteiger partial charge >= 0.3 is 0 Å². The van der Waals surface area contributed by atoms with Crippen LogP contribution in [0.5, 0.6) is 0 Å². The molecule has 0 aliphatic heterocycles. The van der Waals surface area contributed by atoms with Gasteiger partial charge < -0.3 is 4.74 Å². The van der Waals surface area contributed by atoms with Crippen LogP contribution in [0.2, 0.25) is 0 Å². The highest BCUT2D eigenvalue weighted by Crippen LogP contribution is 2.10. The van der Waals surface area contributed by atoms with Gasteiger partial charge in [0.05, 0.1) is 6.73 Å². The predicted octanol–water partition coefficient (Wildman–Crippen LogP) is 2.38. The minimum absolute atomic E-state index is 0.699. The first-order valence-corrected chi connectivity index (χ1v) is 5.37. The Morgan fingerprint density at radius 1 is 1.20 bits per heavy atom. The van der Waals surface area contributed by atoms with E-state index in [4.69, 9.17) is 4.74 Å². The maximum Gasteiger partial charge on any atom is 0.0984 e.